The van der Waals surface area contributed by atoms with Crippen molar-refractivity contribution in [3.05, 3.63) is 117 Å². The lowest BCUT2D eigenvalue weighted by atomic mass is 10.0. The maximum atomic E-state index is 12.3. The number of fused-ring (bicyclic) bond motifs is 1. The highest BCUT2D eigenvalue weighted by Crippen LogP contribution is 2.27. The second kappa shape index (κ2) is 10.6. The van der Waals surface area contributed by atoms with Crippen LogP contribution in [0.5, 0.6) is 5.75 Å². The molecule has 7 nitrogen and oxygen atoms in total. The summed E-state index contributed by atoms with van der Waals surface area (Å²) in [5.41, 5.74) is 4.85. The summed E-state index contributed by atoms with van der Waals surface area (Å²) in [5, 5.41) is 17.5. The van der Waals surface area contributed by atoms with E-state index in [0.29, 0.717) is 22.9 Å². The first-order chi connectivity index (χ1) is 16.5. The van der Waals surface area contributed by atoms with Gasteiger partial charge in [0.15, 0.2) is 0 Å². The van der Waals surface area contributed by atoms with Gasteiger partial charge in [0.1, 0.15) is 12.4 Å². The highest BCUT2D eigenvalue weighted by molar-refractivity contribution is 6.30. The molecule has 0 atom stereocenters. The number of carbonyl (C=O) groups is 1. The van der Waals surface area contributed by atoms with Gasteiger partial charge in [0.05, 0.1) is 17.6 Å². The Morgan fingerprint density at radius 2 is 1.68 bits per heavy atom. The zero-order chi connectivity index (χ0) is 23.9. The van der Waals surface area contributed by atoms with Crippen LogP contribution in [0.4, 0.5) is 5.69 Å². The van der Waals surface area contributed by atoms with E-state index in [-0.39, 0.29) is 18.0 Å². The standard InChI is InChI=1S/C26H20ClN3O4/c27-21-10-5-19(6-11-21)17-34-25-14-9-20-3-1-2-4-23(20)24(25)16-28-29-26(31)15-18-7-12-22(13-8-18)30(32)33/h1-14,16H,15,17H2,(H,29,31). The second-order valence-electron chi connectivity index (χ2n) is 7.51. The Labute approximate surface area is 200 Å². The monoisotopic (exact) mass is 473 g/mol. The first kappa shape index (κ1) is 22.9. The van der Waals surface area contributed by atoms with Crippen LogP contribution in [-0.2, 0) is 17.8 Å². The molecular weight excluding hydrogens is 454 g/mol. The van der Waals surface area contributed by atoms with Gasteiger partial charge in [0, 0.05) is 22.7 Å². The van der Waals surface area contributed by atoms with Gasteiger partial charge < -0.3 is 4.74 Å². The number of nitro benzene ring substituents is 1. The van der Waals surface area contributed by atoms with Crippen molar-refractivity contribution in [3.63, 3.8) is 0 Å². The molecule has 0 saturated heterocycles. The number of nitro groups is 1. The van der Waals surface area contributed by atoms with Crippen LogP contribution in [0.3, 0.4) is 0 Å². The number of rotatable bonds is 8. The number of carbonyl (C=O) groups excluding carboxylic acids is 1. The molecule has 0 aliphatic rings. The first-order valence-electron chi connectivity index (χ1n) is 10.4. The summed E-state index contributed by atoms with van der Waals surface area (Å²) < 4.78 is 6.05. The third-order valence-corrected chi connectivity index (χ3v) is 5.38. The summed E-state index contributed by atoms with van der Waals surface area (Å²) in [6.07, 6.45) is 1.61. The largest absolute Gasteiger partial charge is 0.488 e. The summed E-state index contributed by atoms with van der Waals surface area (Å²) in [7, 11) is 0. The predicted octanol–water partition coefficient (Wildman–Crippen LogP) is 5.67. The normalized spacial score (nSPS) is 11.0. The van der Waals surface area contributed by atoms with E-state index in [1.807, 2.05) is 60.7 Å². The van der Waals surface area contributed by atoms with Crippen molar-refractivity contribution in [2.45, 2.75) is 13.0 Å². The Balaban J connectivity index is 1.48. The Morgan fingerprint density at radius 3 is 2.41 bits per heavy atom. The van der Waals surface area contributed by atoms with Crippen molar-refractivity contribution < 1.29 is 14.5 Å². The molecule has 0 aliphatic heterocycles. The summed E-state index contributed by atoms with van der Waals surface area (Å²) in [5.74, 6) is 0.288. The van der Waals surface area contributed by atoms with E-state index in [0.717, 1.165) is 21.9 Å². The third kappa shape index (κ3) is 5.76. The van der Waals surface area contributed by atoms with Crippen molar-refractivity contribution in [2.75, 3.05) is 0 Å². The molecule has 0 aliphatic carbocycles. The summed E-state index contributed by atoms with van der Waals surface area (Å²) in [6.45, 7) is 0.350. The fourth-order valence-corrected chi connectivity index (χ4v) is 3.53. The molecule has 170 valence electrons. The lowest BCUT2D eigenvalue weighted by molar-refractivity contribution is -0.384. The Hall–Kier alpha value is -4.23. The van der Waals surface area contributed by atoms with Gasteiger partial charge in [0.2, 0.25) is 5.91 Å². The van der Waals surface area contributed by atoms with Crippen molar-refractivity contribution in [3.8, 4) is 5.75 Å². The smallest absolute Gasteiger partial charge is 0.269 e. The topological polar surface area (TPSA) is 93.8 Å². The number of hydrogen-bond acceptors (Lipinski definition) is 5. The average molecular weight is 474 g/mol. The maximum absolute atomic E-state index is 12.3. The SMILES string of the molecule is O=C(Cc1ccc([N+](=O)[O-])cc1)NN=Cc1c(OCc2ccc(Cl)cc2)ccc2ccccc12. The van der Waals surface area contributed by atoms with Gasteiger partial charge in [-0.1, -0.05) is 66.2 Å². The van der Waals surface area contributed by atoms with Crippen molar-refractivity contribution in [1.82, 2.24) is 5.43 Å². The fourth-order valence-electron chi connectivity index (χ4n) is 3.41. The third-order valence-electron chi connectivity index (χ3n) is 5.13. The average Bonchev–Trinajstić information content (AvgIpc) is 2.84. The Morgan fingerprint density at radius 1 is 0.971 bits per heavy atom. The second-order valence-corrected chi connectivity index (χ2v) is 7.94. The van der Waals surface area contributed by atoms with Crippen molar-refractivity contribution >= 4 is 40.2 Å². The van der Waals surface area contributed by atoms with E-state index < -0.39 is 4.92 Å². The number of non-ortho nitro benzene ring substituents is 1. The number of benzene rings is 4. The van der Waals surface area contributed by atoms with Crippen LogP contribution in [0.2, 0.25) is 5.02 Å². The molecule has 4 aromatic carbocycles. The predicted molar refractivity (Wildman–Crippen MR) is 132 cm³/mol. The van der Waals surface area contributed by atoms with Gasteiger partial charge in [0.25, 0.3) is 5.69 Å². The molecule has 0 radical (unpaired) electrons. The molecule has 0 aromatic heterocycles. The van der Waals surface area contributed by atoms with Gasteiger partial charge in [-0.2, -0.15) is 5.10 Å². The maximum Gasteiger partial charge on any atom is 0.269 e. The van der Waals surface area contributed by atoms with Crippen LogP contribution < -0.4 is 10.2 Å². The van der Waals surface area contributed by atoms with Crippen LogP contribution in [-0.4, -0.2) is 17.0 Å². The number of hydrogen-bond donors (Lipinski definition) is 1. The first-order valence-corrected chi connectivity index (χ1v) is 10.8. The van der Waals surface area contributed by atoms with Crippen LogP contribution in [0.15, 0.2) is 90.0 Å². The number of nitrogens with one attached hydrogen (secondary N) is 1. The minimum Gasteiger partial charge on any atom is -0.488 e. The van der Waals surface area contributed by atoms with E-state index in [4.69, 9.17) is 16.3 Å². The highest BCUT2D eigenvalue weighted by atomic mass is 35.5. The molecular formula is C26H20ClN3O4. The van der Waals surface area contributed by atoms with Crippen LogP contribution in [0.25, 0.3) is 10.8 Å². The summed E-state index contributed by atoms with van der Waals surface area (Å²) in [6, 6.07) is 24.9. The molecule has 0 unspecified atom stereocenters. The number of amides is 1. The molecule has 4 aromatic rings. The number of hydrazone groups is 1. The van der Waals surface area contributed by atoms with E-state index in [1.54, 1.807) is 18.3 Å². The summed E-state index contributed by atoms with van der Waals surface area (Å²) >= 11 is 5.95. The van der Waals surface area contributed by atoms with Crippen LogP contribution in [0, 0.1) is 10.1 Å². The molecule has 1 amide bonds. The Bertz CT molecular complexity index is 1350. The van der Waals surface area contributed by atoms with Crippen LogP contribution in [0.1, 0.15) is 16.7 Å². The van der Waals surface area contributed by atoms with Gasteiger partial charge >= 0.3 is 0 Å². The zero-order valence-corrected chi connectivity index (χ0v) is 18.7. The molecule has 4 rings (SSSR count). The van der Waals surface area contributed by atoms with E-state index >= 15 is 0 Å². The summed E-state index contributed by atoms with van der Waals surface area (Å²) in [4.78, 5) is 22.6. The van der Waals surface area contributed by atoms with E-state index in [9.17, 15) is 14.9 Å². The van der Waals surface area contributed by atoms with E-state index in [1.165, 1.54) is 12.1 Å². The van der Waals surface area contributed by atoms with Gasteiger partial charge in [-0.3, -0.25) is 14.9 Å². The van der Waals surface area contributed by atoms with Gasteiger partial charge in [-0.15, -0.1) is 0 Å². The minimum atomic E-state index is -0.481. The highest BCUT2D eigenvalue weighted by Gasteiger charge is 2.09. The molecule has 0 saturated carbocycles. The molecule has 0 spiro atoms. The lowest BCUT2D eigenvalue weighted by Crippen LogP contribution is -2.19. The van der Waals surface area contributed by atoms with Crippen LogP contribution >= 0.6 is 11.6 Å². The lowest BCUT2D eigenvalue weighted by Gasteiger charge is -2.12. The molecule has 34 heavy (non-hydrogen) atoms. The van der Waals surface area contributed by atoms with Gasteiger partial charge in [-0.05, 0) is 40.1 Å². The molecule has 1 N–H and O–H groups in total. The molecule has 0 fully saturated rings. The van der Waals surface area contributed by atoms with Gasteiger partial charge in [-0.25, -0.2) is 5.43 Å². The Kier molecular flexibility index (Phi) is 7.15. The zero-order valence-electron chi connectivity index (χ0n) is 18.0. The quantitative estimate of drug-likeness (QED) is 0.202. The van der Waals surface area contributed by atoms with E-state index in [2.05, 4.69) is 10.5 Å². The van der Waals surface area contributed by atoms with Crippen molar-refractivity contribution in [2.24, 2.45) is 5.10 Å². The fraction of sp³-hybridized carbons (Fsp3) is 0.0769. The molecule has 8 heteroatoms. The number of nitrogens with zero attached hydrogens (tertiary/aromatic N) is 2. The number of ether oxygens (including phenoxy) is 1. The molecule has 0 heterocycles. The minimum absolute atomic E-state index is 0.0238. The van der Waals surface area contributed by atoms with Crippen molar-refractivity contribution in [1.29, 1.82) is 0 Å². The molecule has 0 bridgehead atoms. The number of halogens is 1.